The molecule has 124 valence electrons. The van der Waals surface area contributed by atoms with Crippen LogP contribution < -0.4 is 5.32 Å². The molecule has 4 aromatic rings. The first kappa shape index (κ1) is 15.8. The van der Waals surface area contributed by atoms with E-state index < -0.39 is 0 Å². The Hall–Kier alpha value is -2.69. The van der Waals surface area contributed by atoms with Gasteiger partial charge in [0.05, 0.1) is 4.88 Å². The Kier molecular flexibility index (Phi) is 4.46. The van der Waals surface area contributed by atoms with Gasteiger partial charge < -0.3 is 10.3 Å². The Balaban J connectivity index is 1.68. The zero-order valence-corrected chi connectivity index (χ0v) is 14.5. The first-order chi connectivity index (χ1) is 12.3. The second-order valence-corrected chi connectivity index (χ2v) is 7.05. The number of carbonyl (C=O) groups is 1. The summed E-state index contributed by atoms with van der Waals surface area (Å²) in [6.45, 7) is 0.797. The summed E-state index contributed by atoms with van der Waals surface area (Å²) < 4.78 is 0. The summed E-state index contributed by atoms with van der Waals surface area (Å²) >= 11 is 1.72. The van der Waals surface area contributed by atoms with Crippen molar-refractivity contribution in [3.8, 4) is 0 Å². The van der Waals surface area contributed by atoms with Crippen LogP contribution in [0.5, 0.6) is 0 Å². The molecule has 0 amide bonds. The van der Waals surface area contributed by atoms with Crippen LogP contribution >= 0.6 is 11.3 Å². The van der Waals surface area contributed by atoms with E-state index in [0.29, 0.717) is 0 Å². The van der Waals surface area contributed by atoms with Gasteiger partial charge in [0.25, 0.3) is 0 Å². The number of ketones is 1. The molecule has 0 radical (unpaired) electrons. The fraction of sp³-hybridized carbons (Fsp3) is 0.0952. The Morgan fingerprint density at radius 1 is 1.00 bits per heavy atom. The molecule has 0 aliphatic carbocycles. The highest BCUT2D eigenvalue weighted by Gasteiger charge is 2.27. The minimum absolute atomic E-state index is 0.139. The van der Waals surface area contributed by atoms with E-state index in [2.05, 4.69) is 21.7 Å². The zero-order valence-electron chi connectivity index (χ0n) is 13.7. The maximum absolute atomic E-state index is 13.3. The van der Waals surface area contributed by atoms with E-state index in [1.54, 1.807) is 11.3 Å². The summed E-state index contributed by atoms with van der Waals surface area (Å²) in [5, 5.41) is 5.19. The van der Waals surface area contributed by atoms with E-state index >= 15 is 0 Å². The highest BCUT2D eigenvalue weighted by Crippen LogP contribution is 2.23. The number of rotatable bonds is 6. The lowest BCUT2D eigenvalue weighted by Crippen LogP contribution is -2.85. The number of thiophene rings is 1. The van der Waals surface area contributed by atoms with Crippen molar-refractivity contribution in [2.24, 2.45) is 0 Å². The summed E-state index contributed by atoms with van der Waals surface area (Å²) in [5.41, 5.74) is 2.79. The highest BCUT2D eigenvalue weighted by molar-refractivity contribution is 7.09. The zero-order chi connectivity index (χ0) is 17.1. The number of hydrogen-bond acceptors (Lipinski definition) is 2. The maximum Gasteiger partial charge on any atom is 0.226 e. The number of Topliss-reactive ketones (excluding diaryl/α,β-unsaturated/α-hetero) is 1. The average molecular weight is 347 g/mol. The van der Waals surface area contributed by atoms with E-state index in [-0.39, 0.29) is 11.8 Å². The third kappa shape index (κ3) is 3.27. The van der Waals surface area contributed by atoms with Gasteiger partial charge in [-0.3, -0.25) is 4.79 Å². The lowest BCUT2D eigenvalue weighted by atomic mass is 9.97. The molecule has 0 aliphatic rings. The minimum atomic E-state index is -0.248. The fourth-order valence-electron chi connectivity index (χ4n) is 3.16. The largest absolute Gasteiger partial charge is 0.360 e. The van der Waals surface area contributed by atoms with Gasteiger partial charge in [-0.15, -0.1) is 11.3 Å². The summed E-state index contributed by atoms with van der Waals surface area (Å²) in [6.07, 6.45) is 1.84. The molecule has 0 saturated carbocycles. The van der Waals surface area contributed by atoms with Crippen LogP contribution in [-0.2, 0) is 6.54 Å². The molecule has 25 heavy (non-hydrogen) atoms. The number of H-pyrrole nitrogens is 1. The predicted molar refractivity (Wildman–Crippen MR) is 102 cm³/mol. The van der Waals surface area contributed by atoms with Gasteiger partial charge in [0.2, 0.25) is 5.78 Å². The highest BCUT2D eigenvalue weighted by atomic mass is 32.1. The first-order valence-corrected chi connectivity index (χ1v) is 9.22. The van der Waals surface area contributed by atoms with Crippen molar-refractivity contribution in [3.63, 3.8) is 0 Å². The monoisotopic (exact) mass is 347 g/mol. The van der Waals surface area contributed by atoms with Crippen LogP contribution in [0.15, 0.2) is 78.3 Å². The summed E-state index contributed by atoms with van der Waals surface area (Å²) in [6, 6.07) is 21.9. The molecule has 0 spiro atoms. The normalized spacial score (nSPS) is 12.3. The molecule has 3 nitrogen and oxygen atoms in total. The van der Waals surface area contributed by atoms with Gasteiger partial charge in [-0.05, 0) is 17.5 Å². The maximum atomic E-state index is 13.3. The van der Waals surface area contributed by atoms with Crippen molar-refractivity contribution < 1.29 is 10.1 Å². The number of benzene rings is 2. The van der Waals surface area contributed by atoms with Crippen LogP contribution in [0.4, 0.5) is 0 Å². The lowest BCUT2D eigenvalue weighted by molar-refractivity contribution is -0.696. The molecule has 1 atom stereocenters. The van der Waals surface area contributed by atoms with Crippen molar-refractivity contribution in [3.05, 3.63) is 94.3 Å². The molecule has 4 rings (SSSR count). The molecule has 0 bridgehead atoms. The lowest BCUT2D eigenvalue weighted by Gasteiger charge is -2.14. The van der Waals surface area contributed by atoms with Gasteiger partial charge in [0.15, 0.2) is 6.04 Å². The number of para-hydroxylation sites is 1. The number of nitrogens with two attached hydrogens (primary N) is 1. The second kappa shape index (κ2) is 7.05. The van der Waals surface area contributed by atoms with Crippen LogP contribution in [0.25, 0.3) is 10.9 Å². The average Bonchev–Trinajstić information content (AvgIpc) is 3.32. The molecule has 2 heterocycles. The van der Waals surface area contributed by atoms with E-state index in [1.165, 1.54) is 4.88 Å². The number of hydrogen-bond donors (Lipinski definition) is 2. The van der Waals surface area contributed by atoms with Crippen LogP contribution in [0.3, 0.4) is 0 Å². The summed E-state index contributed by atoms with van der Waals surface area (Å²) in [4.78, 5) is 17.8. The first-order valence-electron chi connectivity index (χ1n) is 8.34. The van der Waals surface area contributed by atoms with Gasteiger partial charge in [-0.25, -0.2) is 0 Å². The fourth-order valence-corrected chi connectivity index (χ4v) is 3.84. The van der Waals surface area contributed by atoms with Crippen molar-refractivity contribution in [2.75, 3.05) is 0 Å². The number of carbonyl (C=O) groups excluding carboxylic acids is 1. The molecule has 4 heteroatoms. The minimum Gasteiger partial charge on any atom is -0.360 e. The quantitative estimate of drug-likeness (QED) is 0.510. The van der Waals surface area contributed by atoms with Crippen LogP contribution in [-0.4, -0.2) is 10.8 Å². The Morgan fingerprint density at radius 3 is 2.60 bits per heavy atom. The van der Waals surface area contributed by atoms with E-state index in [9.17, 15) is 4.79 Å². The van der Waals surface area contributed by atoms with Gasteiger partial charge in [-0.1, -0.05) is 54.6 Å². The SMILES string of the molecule is O=C(c1c[nH]c2ccccc12)[C@H]([NH2+]Cc1cccs1)c1ccccc1. The topological polar surface area (TPSA) is 49.5 Å². The standard InChI is InChI=1S/C21H18N2OS/c24-21(18-14-22-19-11-5-4-10-17(18)19)20(15-7-2-1-3-8-15)23-13-16-9-6-12-25-16/h1-12,14,20,22-23H,13H2/p+1/t20-/m1/s1. The Morgan fingerprint density at radius 2 is 1.80 bits per heavy atom. The molecule has 2 aromatic heterocycles. The van der Waals surface area contributed by atoms with E-state index in [0.717, 1.165) is 28.6 Å². The number of aromatic amines is 1. The van der Waals surface area contributed by atoms with Crippen LogP contribution in [0, 0.1) is 0 Å². The molecule has 0 fully saturated rings. The van der Waals surface area contributed by atoms with Gasteiger partial charge in [-0.2, -0.15) is 0 Å². The van der Waals surface area contributed by atoms with Gasteiger partial charge in [0, 0.05) is 28.2 Å². The Labute approximate surface area is 150 Å². The number of nitrogens with one attached hydrogen (secondary N) is 1. The second-order valence-electron chi connectivity index (χ2n) is 6.02. The third-order valence-electron chi connectivity index (χ3n) is 4.43. The predicted octanol–water partition coefficient (Wildman–Crippen LogP) is 3.92. The third-order valence-corrected chi connectivity index (χ3v) is 5.33. The van der Waals surface area contributed by atoms with Crippen molar-refractivity contribution in [2.45, 2.75) is 12.6 Å². The number of quaternary nitrogens is 1. The number of aromatic nitrogens is 1. The molecule has 0 aliphatic heterocycles. The molecule has 2 aromatic carbocycles. The van der Waals surface area contributed by atoms with Gasteiger partial charge >= 0.3 is 0 Å². The molecule has 0 unspecified atom stereocenters. The van der Waals surface area contributed by atoms with E-state index in [4.69, 9.17) is 0 Å². The number of fused-ring (bicyclic) bond motifs is 1. The smallest absolute Gasteiger partial charge is 0.226 e. The van der Waals surface area contributed by atoms with E-state index in [1.807, 2.05) is 66.9 Å². The van der Waals surface area contributed by atoms with Crippen LogP contribution in [0.1, 0.15) is 26.8 Å². The van der Waals surface area contributed by atoms with Crippen molar-refractivity contribution >= 4 is 28.0 Å². The summed E-state index contributed by atoms with van der Waals surface area (Å²) in [7, 11) is 0. The van der Waals surface area contributed by atoms with Crippen molar-refractivity contribution in [1.29, 1.82) is 0 Å². The molecule has 3 N–H and O–H groups in total. The molecule has 0 saturated heterocycles. The van der Waals surface area contributed by atoms with Gasteiger partial charge in [0.1, 0.15) is 6.54 Å². The van der Waals surface area contributed by atoms with Crippen LogP contribution in [0.2, 0.25) is 0 Å². The van der Waals surface area contributed by atoms with Crippen molar-refractivity contribution in [1.82, 2.24) is 4.98 Å². The summed E-state index contributed by atoms with van der Waals surface area (Å²) in [5.74, 6) is 0.139. The Bertz CT molecular complexity index is 973. The molecular formula is C21H19N2OS+. The molecular weight excluding hydrogens is 328 g/mol.